The first-order valence-electron chi connectivity index (χ1n) is 8.05. The van der Waals surface area contributed by atoms with Gasteiger partial charge in [0.05, 0.1) is 6.61 Å². The number of urea groups is 1. The minimum Gasteiger partial charge on any atom is -0.392 e. The van der Waals surface area contributed by atoms with Crippen LogP contribution in [0.15, 0.2) is 48.5 Å². The van der Waals surface area contributed by atoms with Gasteiger partial charge in [0, 0.05) is 32.9 Å². The highest BCUT2D eigenvalue weighted by molar-refractivity contribution is 5.73. The van der Waals surface area contributed by atoms with Gasteiger partial charge in [-0.1, -0.05) is 36.4 Å². The third-order valence-corrected chi connectivity index (χ3v) is 3.81. The van der Waals surface area contributed by atoms with Crippen molar-refractivity contribution in [1.29, 1.82) is 0 Å². The minimum absolute atomic E-state index is 0.0520. The molecule has 0 aliphatic rings. The number of aliphatic hydroxyl groups excluding tert-OH is 1. The highest BCUT2D eigenvalue weighted by Crippen LogP contribution is 2.11. The molecule has 128 valence electrons. The molecule has 0 heterocycles. The summed E-state index contributed by atoms with van der Waals surface area (Å²) in [5.41, 5.74) is 4.22. The van der Waals surface area contributed by atoms with Crippen LogP contribution in [0, 0.1) is 0 Å². The Labute approximate surface area is 143 Å². The quantitative estimate of drug-likeness (QED) is 0.731. The Balaban J connectivity index is 1.69. The first-order chi connectivity index (χ1) is 11.6. The zero-order chi connectivity index (χ0) is 17.4. The van der Waals surface area contributed by atoms with Crippen LogP contribution in [0.1, 0.15) is 16.7 Å². The van der Waals surface area contributed by atoms with Crippen molar-refractivity contribution in [2.45, 2.75) is 19.6 Å². The van der Waals surface area contributed by atoms with Crippen LogP contribution in [0.5, 0.6) is 0 Å². The fraction of sp³-hybridized carbons (Fsp3) is 0.316. The van der Waals surface area contributed by atoms with Crippen LogP contribution in [0.4, 0.5) is 10.5 Å². The van der Waals surface area contributed by atoms with Gasteiger partial charge in [-0.05, 0) is 35.2 Å². The van der Waals surface area contributed by atoms with Crippen molar-refractivity contribution in [3.8, 4) is 0 Å². The maximum Gasteiger partial charge on any atom is 0.315 e. The summed E-state index contributed by atoms with van der Waals surface area (Å²) in [5, 5.41) is 14.7. The molecule has 3 N–H and O–H groups in total. The van der Waals surface area contributed by atoms with Gasteiger partial charge in [-0.2, -0.15) is 0 Å². The number of nitrogens with zero attached hydrogens (tertiary/aromatic N) is 1. The van der Waals surface area contributed by atoms with Crippen molar-refractivity contribution < 1.29 is 9.90 Å². The van der Waals surface area contributed by atoms with E-state index in [-0.39, 0.29) is 12.6 Å². The Bertz CT molecular complexity index is 637. The summed E-state index contributed by atoms with van der Waals surface area (Å²) in [6.07, 6.45) is 0.761. The lowest BCUT2D eigenvalue weighted by molar-refractivity contribution is 0.240. The zero-order valence-corrected chi connectivity index (χ0v) is 14.2. The summed E-state index contributed by atoms with van der Waals surface area (Å²) < 4.78 is 0. The van der Waals surface area contributed by atoms with E-state index in [9.17, 15) is 4.79 Å². The van der Waals surface area contributed by atoms with Gasteiger partial charge in [0.2, 0.25) is 0 Å². The topological polar surface area (TPSA) is 64.6 Å². The van der Waals surface area contributed by atoms with E-state index < -0.39 is 0 Å². The Kier molecular flexibility index (Phi) is 6.63. The van der Waals surface area contributed by atoms with Crippen LogP contribution < -0.4 is 15.5 Å². The second-order valence-electron chi connectivity index (χ2n) is 5.89. The van der Waals surface area contributed by atoms with Crippen LogP contribution in [-0.2, 0) is 19.6 Å². The molecule has 0 atom stereocenters. The molecule has 2 aromatic carbocycles. The lowest BCUT2D eigenvalue weighted by atomic mass is 10.1. The molecule has 5 heteroatoms. The summed E-state index contributed by atoms with van der Waals surface area (Å²) in [6.45, 7) is 1.13. The fourth-order valence-electron chi connectivity index (χ4n) is 2.29. The fourth-order valence-corrected chi connectivity index (χ4v) is 2.29. The van der Waals surface area contributed by atoms with Gasteiger partial charge in [-0.3, -0.25) is 0 Å². The minimum atomic E-state index is -0.168. The van der Waals surface area contributed by atoms with E-state index >= 15 is 0 Å². The van der Waals surface area contributed by atoms with Crippen molar-refractivity contribution in [2.24, 2.45) is 0 Å². The number of hydrogen-bond donors (Lipinski definition) is 3. The van der Waals surface area contributed by atoms with E-state index in [1.165, 1.54) is 0 Å². The highest BCUT2D eigenvalue weighted by Gasteiger charge is 2.01. The predicted molar refractivity (Wildman–Crippen MR) is 97.1 cm³/mol. The van der Waals surface area contributed by atoms with E-state index in [4.69, 9.17) is 5.11 Å². The standard InChI is InChI=1S/C19H25N3O2/c1-22(2)18-9-7-16(8-10-18)13-21-19(24)20-12-11-15-3-5-17(14-23)6-4-15/h3-10,23H,11-14H2,1-2H3,(H2,20,21,24). The first-order valence-corrected chi connectivity index (χ1v) is 8.05. The smallest absolute Gasteiger partial charge is 0.315 e. The van der Waals surface area contributed by atoms with E-state index in [0.29, 0.717) is 13.1 Å². The van der Waals surface area contributed by atoms with Gasteiger partial charge in [0.15, 0.2) is 0 Å². The summed E-state index contributed by atoms with van der Waals surface area (Å²) in [5.74, 6) is 0. The van der Waals surface area contributed by atoms with Crippen LogP contribution in [0.2, 0.25) is 0 Å². The van der Waals surface area contributed by atoms with Crippen LogP contribution in [0.25, 0.3) is 0 Å². The van der Waals surface area contributed by atoms with E-state index in [2.05, 4.69) is 10.6 Å². The molecule has 2 rings (SSSR count). The monoisotopic (exact) mass is 327 g/mol. The Morgan fingerprint density at radius 1 is 0.917 bits per heavy atom. The first kappa shape index (κ1) is 17.8. The molecule has 0 aliphatic heterocycles. The number of benzene rings is 2. The molecule has 0 bridgehead atoms. The van der Waals surface area contributed by atoms with Crippen molar-refractivity contribution in [3.63, 3.8) is 0 Å². The number of nitrogens with one attached hydrogen (secondary N) is 2. The lowest BCUT2D eigenvalue weighted by Crippen LogP contribution is -2.36. The third kappa shape index (κ3) is 5.59. The molecular weight excluding hydrogens is 302 g/mol. The van der Waals surface area contributed by atoms with Gasteiger partial charge in [0.1, 0.15) is 0 Å². The van der Waals surface area contributed by atoms with Crippen LogP contribution in [0.3, 0.4) is 0 Å². The molecule has 0 spiro atoms. The lowest BCUT2D eigenvalue weighted by Gasteiger charge is -2.13. The molecule has 0 aliphatic carbocycles. The van der Waals surface area contributed by atoms with Crippen LogP contribution in [-0.4, -0.2) is 31.8 Å². The maximum absolute atomic E-state index is 11.8. The molecule has 2 aromatic rings. The summed E-state index contributed by atoms with van der Waals surface area (Å²) >= 11 is 0. The second kappa shape index (κ2) is 8.93. The largest absolute Gasteiger partial charge is 0.392 e. The SMILES string of the molecule is CN(C)c1ccc(CNC(=O)NCCc2ccc(CO)cc2)cc1. The second-order valence-corrected chi connectivity index (χ2v) is 5.89. The average Bonchev–Trinajstić information content (AvgIpc) is 2.61. The number of amides is 2. The van der Waals surface area contributed by atoms with Crippen molar-refractivity contribution in [1.82, 2.24) is 10.6 Å². The number of anilines is 1. The Hall–Kier alpha value is -2.53. The van der Waals surface area contributed by atoms with Crippen molar-refractivity contribution in [2.75, 3.05) is 25.5 Å². The number of rotatable bonds is 7. The number of aliphatic hydroxyl groups is 1. The Morgan fingerprint density at radius 3 is 2.08 bits per heavy atom. The summed E-state index contributed by atoms with van der Waals surface area (Å²) in [6, 6.07) is 15.7. The zero-order valence-electron chi connectivity index (χ0n) is 14.2. The van der Waals surface area contributed by atoms with Gasteiger partial charge in [0.25, 0.3) is 0 Å². The molecule has 0 saturated heterocycles. The molecule has 0 fully saturated rings. The molecule has 2 amide bonds. The molecular formula is C19H25N3O2. The third-order valence-electron chi connectivity index (χ3n) is 3.81. The number of hydrogen-bond acceptors (Lipinski definition) is 3. The van der Waals surface area contributed by atoms with Gasteiger partial charge >= 0.3 is 6.03 Å². The average molecular weight is 327 g/mol. The van der Waals surface area contributed by atoms with Gasteiger partial charge < -0.3 is 20.6 Å². The van der Waals surface area contributed by atoms with E-state index in [0.717, 1.165) is 28.8 Å². The molecule has 0 radical (unpaired) electrons. The summed E-state index contributed by atoms with van der Waals surface area (Å²) in [4.78, 5) is 13.9. The molecule has 0 saturated carbocycles. The molecule has 5 nitrogen and oxygen atoms in total. The molecule has 0 aromatic heterocycles. The molecule has 24 heavy (non-hydrogen) atoms. The van der Waals surface area contributed by atoms with Gasteiger partial charge in [-0.15, -0.1) is 0 Å². The van der Waals surface area contributed by atoms with E-state index in [1.807, 2.05) is 67.5 Å². The number of carbonyl (C=O) groups is 1. The number of carbonyl (C=O) groups excluding carboxylic acids is 1. The highest BCUT2D eigenvalue weighted by atomic mass is 16.3. The summed E-state index contributed by atoms with van der Waals surface area (Å²) in [7, 11) is 4.00. The van der Waals surface area contributed by atoms with Crippen molar-refractivity contribution >= 4 is 11.7 Å². The van der Waals surface area contributed by atoms with Crippen LogP contribution >= 0.6 is 0 Å². The Morgan fingerprint density at radius 2 is 1.50 bits per heavy atom. The predicted octanol–water partition coefficient (Wildman–Crippen LogP) is 2.29. The van der Waals surface area contributed by atoms with Crippen molar-refractivity contribution in [3.05, 3.63) is 65.2 Å². The van der Waals surface area contributed by atoms with E-state index in [1.54, 1.807) is 0 Å². The maximum atomic E-state index is 11.8. The normalized spacial score (nSPS) is 10.3. The van der Waals surface area contributed by atoms with Gasteiger partial charge in [-0.25, -0.2) is 4.79 Å². The molecule has 0 unspecified atom stereocenters.